The van der Waals surface area contributed by atoms with Crippen LogP contribution in [0.2, 0.25) is 0 Å². The van der Waals surface area contributed by atoms with Crippen molar-refractivity contribution < 1.29 is 4.79 Å². The highest BCUT2D eigenvalue weighted by atomic mass is 32.2. The molecule has 9 heteroatoms. The van der Waals surface area contributed by atoms with E-state index in [1.807, 2.05) is 25.3 Å². The number of thiazole rings is 1. The molecule has 0 aliphatic carbocycles. The Kier molecular flexibility index (Phi) is 4.97. The number of hydrogen-bond donors (Lipinski definition) is 1. The van der Waals surface area contributed by atoms with E-state index >= 15 is 0 Å². The first-order chi connectivity index (χ1) is 10.6. The molecule has 3 aromatic rings. The maximum absolute atomic E-state index is 12.0. The quantitative estimate of drug-likeness (QED) is 0.689. The lowest BCUT2D eigenvalue weighted by atomic mass is 10.2. The second-order valence-electron chi connectivity index (χ2n) is 4.37. The molecule has 0 aliphatic rings. The maximum Gasteiger partial charge on any atom is 0.236 e. The van der Waals surface area contributed by atoms with Gasteiger partial charge in [0.2, 0.25) is 5.91 Å². The van der Waals surface area contributed by atoms with E-state index in [0.29, 0.717) is 10.9 Å². The van der Waals surface area contributed by atoms with Gasteiger partial charge in [0.05, 0.1) is 16.0 Å². The number of thioether (sulfide) groups is 2. The van der Waals surface area contributed by atoms with Crippen LogP contribution >= 0.6 is 46.2 Å². The third-order valence-electron chi connectivity index (χ3n) is 2.68. The fourth-order valence-corrected chi connectivity index (χ4v) is 4.92. The molecule has 0 aliphatic heterocycles. The van der Waals surface area contributed by atoms with Crippen LogP contribution in [0.3, 0.4) is 0 Å². The average Bonchev–Trinajstić information content (AvgIpc) is 3.10. The molecule has 114 valence electrons. The first-order valence-corrected chi connectivity index (χ1v) is 10.2. The summed E-state index contributed by atoms with van der Waals surface area (Å²) >= 11 is 5.93. The van der Waals surface area contributed by atoms with Crippen LogP contribution in [0.4, 0.5) is 5.13 Å². The molecule has 3 rings (SSSR count). The number of fused-ring (bicyclic) bond motifs is 1. The lowest BCUT2D eigenvalue weighted by molar-refractivity contribution is -0.113. The fourth-order valence-electron chi connectivity index (χ4n) is 1.71. The van der Waals surface area contributed by atoms with Crippen molar-refractivity contribution in [3.63, 3.8) is 0 Å². The molecule has 22 heavy (non-hydrogen) atoms. The summed E-state index contributed by atoms with van der Waals surface area (Å²) in [5, 5.41) is 11.5. The van der Waals surface area contributed by atoms with Gasteiger partial charge in [0.25, 0.3) is 0 Å². The van der Waals surface area contributed by atoms with Crippen LogP contribution in [0, 0.1) is 6.92 Å². The molecule has 0 bridgehead atoms. The van der Waals surface area contributed by atoms with Crippen molar-refractivity contribution >= 4 is 67.5 Å². The number of hydrogen-bond acceptors (Lipinski definition) is 8. The SMILES string of the molecule is CSc1nnc(SCC(=O)Nc2nc3ccc(C)cc3s2)s1. The lowest BCUT2D eigenvalue weighted by Crippen LogP contribution is -2.13. The number of aryl methyl sites for hydroxylation is 1. The Balaban J connectivity index is 1.60. The zero-order valence-electron chi connectivity index (χ0n) is 11.8. The average molecular weight is 369 g/mol. The Labute approximate surface area is 143 Å². The summed E-state index contributed by atoms with van der Waals surface area (Å²) in [5.74, 6) is 0.222. The summed E-state index contributed by atoms with van der Waals surface area (Å²) in [5.41, 5.74) is 2.10. The van der Waals surface area contributed by atoms with Crippen molar-refractivity contribution in [2.24, 2.45) is 0 Å². The van der Waals surface area contributed by atoms with Crippen molar-refractivity contribution in [1.82, 2.24) is 15.2 Å². The van der Waals surface area contributed by atoms with Gasteiger partial charge in [-0.2, -0.15) is 0 Å². The van der Waals surface area contributed by atoms with Gasteiger partial charge in [0.1, 0.15) is 0 Å². The van der Waals surface area contributed by atoms with E-state index in [1.54, 1.807) is 11.8 Å². The molecule has 1 N–H and O–H groups in total. The molecule has 2 aromatic heterocycles. The highest BCUT2D eigenvalue weighted by molar-refractivity contribution is 8.03. The van der Waals surface area contributed by atoms with Crippen LogP contribution in [0.1, 0.15) is 5.56 Å². The second kappa shape index (κ2) is 6.95. The van der Waals surface area contributed by atoms with E-state index in [2.05, 4.69) is 26.6 Å². The van der Waals surface area contributed by atoms with Crippen molar-refractivity contribution in [3.05, 3.63) is 23.8 Å². The number of anilines is 1. The second-order valence-corrected chi connectivity index (χ2v) is 8.65. The first-order valence-electron chi connectivity index (χ1n) is 6.31. The van der Waals surface area contributed by atoms with Crippen molar-refractivity contribution in [3.8, 4) is 0 Å². The van der Waals surface area contributed by atoms with Gasteiger partial charge in [0, 0.05) is 0 Å². The van der Waals surface area contributed by atoms with Crippen LogP contribution in [-0.4, -0.2) is 33.1 Å². The molecule has 0 radical (unpaired) electrons. The van der Waals surface area contributed by atoms with Gasteiger partial charge in [-0.1, -0.05) is 52.3 Å². The molecule has 1 amide bonds. The van der Waals surface area contributed by atoms with Crippen LogP contribution in [-0.2, 0) is 4.79 Å². The topological polar surface area (TPSA) is 67.8 Å². The van der Waals surface area contributed by atoms with Crippen LogP contribution in [0.15, 0.2) is 26.9 Å². The highest BCUT2D eigenvalue weighted by Gasteiger charge is 2.10. The van der Waals surface area contributed by atoms with E-state index in [-0.39, 0.29) is 5.91 Å². The standard InChI is InChI=1S/C13H12N4OS4/c1-7-3-4-8-9(5-7)21-11(14-8)15-10(18)6-20-13-17-16-12(19-2)22-13/h3-5H,6H2,1-2H3,(H,14,15,18). The smallest absolute Gasteiger partial charge is 0.236 e. The summed E-state index contributed by atoms with van der Waals surface area (Å²) < 4.78 is 2.79. The largest absolute Gasteiger partial charge is 0.301 e. The van der Waals surface area contributed by atoms with Gasteiger partial charge in [0.15, 0.2) is 13.8 Å². The third kappa shape index (κ3) is 3.78. The number of rotatable bonds is 5. The van der Waals surface area contributed by atoms with Crippen molar-refractivity contribution in [2.45, 2.75) is 15.6 Å². The summed E-state index contributed by atoms with van der Waals surface area (Å²) in [6, 6.07) is 6.06. The van der Waals surface area contributed by atoms with Crippen molar-refractivity contribution in [1.29, 1.82) is 0 Å². The number of benzene rings is 1. The Morgan fingerprint density at radius 2 is 2.09 bits per heavy atom. The minimum atomic E-state index is -0.0818. The molecule has 0 fully saturated rings. The Morgan fingerprint density at radius 1 is 1.27 bits per heavy atom. The Hall–Kier alpha value is -1.16. The van der Waals surface area contributed by atoms with E-state index in [9.17, 15) is 4.79 Å². The van der Waals surface area contributed by atoms with Crippen LogP contribution < -0.4 is 5.32 Å². The first kappa shape index (κ1) is 15.7. The van der Waals surface area contributed by atoms with Crippen LogP contribution in [0.25, 0.3) is 10.2 Å². The number of nitrogens with one attached hydrogen (secondary N) is 1. The van der Waals surface area contributed by atoms with Crippen molar-refractivity contribution in [2.75, 3.05) is 17.3 Å². The molecule has 0 spiro atoms. The predicted octanol–water partition coefficient (Wildman–Crippen LogP) is 3.91. The molecule has 0 saturated heterocycles. The zero-order valence-corrected chi connectivity index (χ0v) is 15.1. The number of amides is 1. The summed E-state index contributed by atoms with van der Waals surface area (Å²) in [6.45, 7) is 2.04. The van der Waals surface area contributed by atoms with Gasteiger partial charge >= 0.3 is 0 Å². The van der Waals surface area contributed by atoms with Gasteiger partial charge in [-0.25, -0.2) is 4.98 Å². The number of carbonyl (C=O) groups is 1. The minimum absolute atomic E-state index is 0.0818. The molecule has 2 heterocycles. The zero-order chi connectivity index (χ0) is 15.5. The molecule has 5 nitrogen and oxygen atoms in total. The highest BCUT2D eigenvalue weighted by Crippen LogP contribution is 2.29. The van der Waals surface area contributed by atoms with Crippen LogP contribution in [0.5, 0.6) is 0 Å². The Morgan fingerprint density at radius 3 is 2.86 bits per heavy atom. The van der Waals surface area contributed by atoms with Gasteiger partial charge < -0.3 is 5.32 Å². The number of carbonyl (C=O) groups excluding carboxylic acids is 1. The molecule has 1 aromatic carbocycles. The molecule has 0 atom stereocenters. The van der Waals surface area contributed by atoms with E-state index in [4.69, 9.17) is 0 Å². The maximum atomic E-state index is 12.0. The molecular formula is C13H12N4OS4. The molecule has 0 unspecified atom stereocenters. The van der Waals surface area contributed by atoms with Gasteiger partial charge in [-0.15, -0.1) is 10.2 Å². The molecule has 0 saturated carbocycles. The van der Waals surface area contributed by atoms with Gasteiger partial charge in [-0.05, 0) is 30.9 Å². The number of nitrogens with zero attached hydrogens (tertiary/aromatic N) is 3. The normalized spacial score (nSPS) is 11.0. The molecular weight excluding hydrogens is 356 g/mol. The predicted molar refractivity (Wildman–Crippen MR) is 95.4 cm³/mol. The van der Waals surface area contributed by atoms with Gasteiger partial charge in [-0.3, -0.25) is 4.79 Å². The Bertz CT molecular complexity index is 813. The lowest BCUT2D eigenvalue weighted by Gasteiger charge is -1.98. The fraction of sp³-hybridized carbons (Fsp3) is 0.231. The monoisotopic (exact) mass is 368 g/mol. The third-order valence-corrected chi connectivity index (χ3v) is 6.65. The van der Waals surface area contributed by atoms with E-state index in [0.717, 1.165) is 18.9 Å². The summed E-state index contributed by atoms with van der Waals surface area (Å²) in [4.78, 5) is 16.4. The summed E-state index contributed by atoms with van der Waals surface area (Å²) in [6.07, 6.45) is 1.95. The minimum Gasteiger partial charge on any atom is -0.301 e. The number of aromatic nitrogens is 3. The van der Waals surface area contributed by atoms with E-state index < -0.39 is 0 Å². The summed E-state index contributed by atoms with van der Waals surface area (Å²) in [7, 11) is 0. The van der Waals surface area contributed by atoms with E-state index in [1.165, 1.54) is 40.0 Å².